The van der Waals surface area contributed by atoms with Crippen molar-refractivity contribution < 1.29 is 14.6 Å². The zero-order valence-electron chi connectivity index (χ0n) is 13.8. The summed E-state index contributed by atoms with van der Waals surface area (Å²) >= 11 is 5.84. The van der Waals surface area contributed by atoms with E-state index in [-0.39, 0.29) is 18.1 Å². The number of piperidine rings is 2. The fraction of sp³-hybridized carbons (Fsp3) is 0.647. The number of nitrogens with zero attached hydrogens (tertiary/aromatic N) is 2. The molecule has 3 heterocycles. The number of pyridine rings is 1. The summed E-state index contributed by atoms with van der Waals surface area (Å²) in [6.07, 6.45) is 3.65. The van der Waals surface area contributed by atoms with E-state index in [1.54, 1.807) is 17.2 Å². The number of halogens is 1. The van der Waals surface area contributed by atoms with Crippen LogP contribution in [0.2, 0.25) is 5.15 Å². The van der Waals surface area contributed by atoms with E-state index in [4.69, 9.17) is 16.3 Å². The SMILES string of the molecule is CC(C)(C)OC(=O)N1CC2CCC1CC2(O)c1ccc(Cl)nc1. The molecule has 1 aromatic heterocycles. The van der Waals surface area contributed by atoms with Crippen LogP contribution in [-0.4, -0.2) is 39.3 Å². The molecule has 1 aromatic rings. The summed E-state index contributed by atoms with van der Waals surface area (Å²) in [5, 5.41) is 11.6. The summed E-state index contributed by atoms with van der Waals surface area (Å²) < 4.78 is 5.49. The van der Waals surface area contributed by atoms with E-state index >= 15 is 0 Å². The topological polar surface area (TPSA) is 62.7 Å². The van der Waals surface area contributed by atoms with E-state index in [0.717, 1.165) is 18.4 Å². The standard InChI is InChI=1S/C17H23ClN2O3/c1-16(2,3)23-15(21)20-10-12-4-6-13(20)8-17(12,22)11-5-7-14(18)19-9-11/h5,7,9,12-13,22H,4,6,8,10H2,1-3H3. The van der Waals surface area contributed by atoms with Crippen LogP contribution in [0, 0.1) is 5.92 Å². The smallest absolute Gasteiger partial charge is 0.410 e. The van der Waals surface area contributed by atoms with Gasteiger partial charge < -0.3 is 14.7 Å². The van der Waals surface area contributed by atoms with Crippen molar-refractivity contribution in [2.75, 3.05) is 6.54 Å². The molecule has 3 unspecified atom stereocenters. The van der Waals surface area contributed by atoms with Crippen molar-refractivity contribution in [1.82, 2.24) is 9.88 Å². The molecule has 3 aliphatic rings. The van der Waals surface area contributed by atoms with Crippen LogP contribution < -0.4 is 0 Å². The van der Waals surface area contributed by atoms with Gasteiger partial charge in [0.2, 0.25) is 0 Å². The van der Waals surface area contributed by atoms with Gasteiger partial charge in [-0.2, -0.15) is 0 Å². The van der Waals surface area contributed by atoms with Gasteiger partial charge >= 0.3 is 6.09 Å². The molecule has 6 heteroatoms. The van der Waals surface area contributed by atoms with Crippen LogP contribution in [-0.2, 0) is 10.3 Å². The first-order valence-corrected chi connectivity index (χ1v) is 8.41. The molecule has 126 valence electrons. The summed E-state index contributed by atoms with van der Waals surface area (Å²) in [6.45, 7) is 6.10. The number of ether oxygens (including phenoxy) is 1. The Kier molecular flexibility index (Phi) is 4.05. The molecule has 3 atom stereocenters. The Hall–Kier alpha value is -1.33. The van der Waals surface area contributed by atoms with Gasteiger partial charge in [0, 0.05) is 36.7 Å². The van der Waals surface area contributed by atoms with E-state index in [0.29, 0.717) is 18.1 Å². The quantitative estimate of drug-likeness (QED) is 0.798. The van der Waals surface area contributed by atoms with Crippen molar-refractivity contribution in [3.8, 4) is 0 Å². The number of aromatic nitrogens is 1. The Labute approximate surface area is 141 Å². The van der Waals surface area contributed by atoms with Crippen molar-refractivity contribution in [3.05, 3.63) is 29.0 Å². The molecule has 2 aliphatic heterocycles. The number of rotatable bonds is 1. The molecule has 4 rings (SSSR count). The van der Waals surface area contributed by atoms with Crippen LogP contribution in [0.1, 0.15) is 45.6 Å². The summed E-state index contributed by atoms with van der Waals surface area (Å²) in [5.74, 6) is -0.0111. The average Bonchev–Trinajstić information content (AvgIpc) is 2.46. The van der Waals surface area contributed by atoms with E-state index in [9.17, 15) is 9.90 Å². The second-order valence-electron chi connectivity index (χ2n) is 7.56. The van der Waals surface area contributed by atoms with Gasteiger partial charge in [-0.25, -0.2) is 9.78 Å². The highest BCUT2D eigenvalue weighted by atomic mass is 35.5. The van der Waals surface area contributed by atoms with Crippen LogP contribution >= 0.6 is 11.6 Å². The lowest BCUT2D eigenvalue weighted by atomic mass is 9.66. The fourth-order valence-corrected chi connectivity index (χ4v) is 3.80. The third-order valence-corrected chi connectivity index (χ3v) is 5.01. The second kappa shape index (κ2) is 5.64. The lowest BCUT2D eigenvalue weighted by molar-refractivity contribution is -0.130. The van der Waals surface area contributed by atoms with Crippen molar-refractivity contribution in [3.63, 3.8) is 0 Å². The molecule has 0 spiro atoms. The van der Waals surface area contributed by atoms with Gasteiger partial charge in [0.15, 0.2) is 0 Å². The molecular formula is C17H23ClN2O3. The Morgan fingerprint density at radius 1 is 1.43 bits per heavy atom. The molecule has 1 aliphatic carbocycles. The summed E-state index contributed by atoms with van der Waals surface area (Å²) in [4.78, 5) is 18.2. The fourth-order valence-electron chi connectivity index (χ4n) is 3.68. The highest BCUT2D eigenvalue weighted by molar-refractivity contribution is 6.29. The van der Waals surface area contributed by atoms with E-state index < -0.39 is 11.2 Å². The molecule has 1 amide bonds. The monoisotopic (exact) mass is 338 g/mol. The van der Waals surface area contributed by atoms with E-state index in [1.807, 2.05) is 26.8 Å². The molecule has 5 nitrogen and oxygen atoms in total. The van der Waals surface area contributed by atoms with Crippen molar-refractivity contribution in [1.29, 1.82) is 0 Å². The van der Waals surface area contributed by atoms with Crippen LogP contribution in [0.3, 0.4) is 0 Å². The number of hydrogen-bond acceptors (Lipinski definition) is 4. The minimum atomic E-state index is -0.945. The highest BCUT2D eigenvalue weighted by Gasteiger charge is 2.52. The Balaban J connectivity index is 1.79. The number of fused-ring (bicyclic) bond motifs is 3. The average molecular weight is 339 g/mol. The van der Waals surface area contributed by atoms with Crippen molar-refractivity contribution in [2.45, 2.75) is 57.3 Å². The minimum absolute atomic E-state index is 0.00414. The third kappa shape index (κ3) is 3.17. The normalized spacial score (nSPS) is 30.4. The Morgan fingerprint density at radius 3 is 2.70 bits per heavy atom. The lowest BCUT2D eigenvalue weighted by Gasteiger charge is -2.53. The number of hydrogen-bond donors (Lipinski definition) is 1. The molecule has 1 saturated carbocycles. The molecule has 2 saturated heterocycles. The van der Waals surface area contributed by atoms with Gasteiger partial charge in [0.25, 0.3) is 0 Å². The number of carbonyl (C=O) groups is 1. The molecule has 23 heavy (non-hydrogen) atoms. The predicted molar refractivity (Wildman–Crippen MR) is 87.2 cm³/mol. The maximum absolute atomic E-state index is 12.4. The van der Waals surface area contributed by atoms with Crippen LogP contribution in [0.25, 0.3) is 0 Å². The van der Waals surface area contributed by atoms with E-state index in [2.05, 4.69) is 4.98 Å². The van der Waals surface area contributed by atoms with Gasteiger partial charge in [0.1, 0.15) is 10.8 Å². The summed E-state index contributed by atoms with van der Waals surface area (Å²) in [5.41, 5.74) is -0.677. The van der Waals surface area contributed by atoms with Crippen molar-refractivity contribution >= 4 is 17.7 Å². The highest BCUT2D eigenvalue weighted by Crippen LogP contribution is 2.48. The first kappa shape index (κ1) is 16.5. The van der Waals surface area contributed by atoms with Crippen molar-refractivity contribution in [2.24, 2.45) is 5.92 Å². The first-order valence-electron chi connectivity index (χ1n) is 8.03. The molecular weight excluding hydrogens is 316 g/mol. The van der Waals surface area contributed by atoms with E-state index in [1.165, 1.54) is 0 Å². The van der Waals surface area contributed by atoms with Gasteiger partial charge in [-0.1, -0.05) is 17.7 Å². The number of carbonyl (C=O) groups excluding carboxylic acids is 1. The number of aliphatic hydroxyl groups is 1. The Morgan fingerprint density at radius 2 is 2.17 bits per heavy atom. The largest absolute Gasteiger partial charge is 0.444 e. The third-order valence-electron chi connectivity index (χ3n) is 4.78. The maximum Gasteiger partial charge on any atom is 0.410 e. The molecule has 2 bridgehead atoms. The molecule has 3 fully saturated rings. The second-order valence-corrected chi connectivity index (χ2v) is 7.95. The molecule has 0 radical (unpaired) electrons. The zero-order valence-corrected chi connectivity index (χ0v) is 14.5. The van der Waals surface area contributed by atoms with Crippen LogP contribution in [0.5, 0.6) is 0 Å². The van der Waals surface area contributed by atoms with Gasteiger partial charge in [-0.05, 0) is 39.7 Å². The number of amides is 1. The predicted octanol–water partition coefficient (Wildman–Crippen LogP) is 3.34. The minimum Gasteiger partial charge on any atom is -0.444 e. The van der Waals surface area contributed by atoms with Crippen LogP contribution in [0.15, 0.2) is 18.3 Å². The zero-order chi connectivity index (χ0) is 16.8. The molecule has 1 N–H and O–H groups in total. The first-order chi connectivity index (χ1) is 10.7. The Bertz CT molecular complexity index is 599. The van der Waals surface area contributed by atoms with Crippen LogP contribution in [0.4, 0.5) is 4.79 Å². The lowest BCUT2D eigenvalue weighted by Crippen LogP contribution is -2.61. The summed E-state index contributed by atoms with van der Waals surface area (Å²) in [7, 11) is 0. The van der Waals surface area contributed by atoms with Gasteiger partial charge in [0.05, 0.1) is 5.60 Å². The van der Waals surface area contributed by atoms with Gasteiger partial charge in [-0.3, -0.25) is 0 Å². The molecule has 0 aromatic carbocycles. The maximum atomic E-state index is 12.4. The van der Waals surface area contributed by atoms with Gasteiger partial charge in [-0.15, -0.1) is 0 Å². The summed E-state index contributed by atoms with van der Waals surface area (Å²) in [6, 6.07) is 3.52.